The quantitative estimate of drug-likeness (QED) is 0.201. The third kappa shape index (κ3) is 13.9. The van der Waals surface area contributed by atoms with Gasteiger partial charge in [-0.3, -0.25) is 4.79 Å². The van der Waals surface area contributed by atoms with Gasteiger partial charge in [-0.05, 0) is 82.0 Å². The summed E-state index contributed by atoms with van der Waals surface area (Å²) in [5, 5.41) is 12.7. The normalized spacial score (nSPS) is 12.6. The predicted octanol–water partition coefficient (Wildman–Crippen LogP) is 9.51. The summed E-state index contributed by atoms with van der Waals surface area (Å²) in [6, 6.07) is 13.7. The zero-order chi connectivity index (χ0) is 32.2. The van der Waals surface area contributed by atoms with Crippen LogP contribution < -0.4 is 5.32 Å². The maximum absolute atomic E-state index is 11.6. The van der Waals surface area contributed by atoms with E-state index in [4.69, 9.17) is 26.7 Å². The molecule has 1 unspecified atom stereocenters. The van der Waals surface area contributed by atoms with Crippen molar-refractivity contribution in [2.24, 2.45) is 5.92 Å². The first-order chi connectivity index (χ1) is 20.7. The van der Waals surface area contributed by atoms with Crippen LogP contribution in [0.3, 0.4) is 0 Å². The summed E-state index contributed by atoms with van der Waals surface area (Å²) in [6.45, 7) is 12.3. The number of nitrogens with zero attached hydrogens (tertiary/aromatic N) is 2. The van der Waals surface area contributed by atoms with Crippen LogP contribution in [0.15, 0.2) is 90.1 Å². The Kier molecular flexibility index (Phi) is 18.4. The summed E-state index contributed by atoms with van der Waals surface area (Å²) in [7, 11) is 1.87. The van der Waals surface area contributed by atoms with Gasteiger partial charge in [0, 0.05) is 17.1 Å². The van der Waals surface area contributed by atoms with Crippen molar-refractivity contribution in [2.75, 3.05) is 20.3 Å². The molecule has 0 radical (unpaired) electrons. The molecule has 1 heterocycles. The molecule has 0 bridgehead atoms. The number of rotatable bonds is 12. The molecule has 3 rings (SSSR count). The fraction of sp³-hybridized carbons (Fsp3) is 0.361. The van der Waals surface area contributed by atoms with E-state index in [1.165, 1.54) is 6.08 Å². The number of hydrogen-bond donors (Lipinski definition) is 2. The van der Waals surface area contributed by atoms with Crippen molar-refractivity contribution in [3.63, 3.8) is 0 Å². The Hall–Kier alpha value is -3.61. The fourth-order valence-corrected chi connectivity index (χ4v) is 4.40. The van der Waals surface area contributed by atoms with Gasteiger partial charge >= 0.3 is 5.97 Å². The number of aryl methyl sites for hydroxylation is 2. The smallest absolute Gasteiger partial charge is 0.303 e. The maximum Gasteiger partial charge on any atom is 0.303 e. The van der Waals surface area contributed by atoms with E-state index in [0.717, 1.165) is 57.7 Å². The molecular formula is C36H47ClFN3O2. The van der Waals surface area contributed by atoms with Gasteiger partial charge in [-0.1, -0.05) is 92.6 Å². The van der Waals surface area contributed by atoms with Gasteiger partial charge in [0.25, 0.3) is 0 Å². The number of allylic oxidation sites excluding steroid dienone is 6. The molecular weight excluding hydrogens is 561 g/mol. The highest BCUT2D eigenvalue weighted by Crippen LogP contribution is 2.27. The maximum atomic E-state index is 11.6. The first kappa shape index (κ1) is 37.4. The highest BCUT2D eigenvalue weighted by Gasteiger charge is 2.13. The Bertz CT molecular complexity index is 1400. The van der Waals surface area contributed by atoms with Crippen LogP contribution in [-0.4, -0.2) is 41.3 Å². The van der Waals surface area contributed by atoms with Crippen molar-refractivity contribution in [2.45, 2.75) is 60.8 Å². The van der Waals surface area contributed by atoms with Gasteiger partial charge in [-0.15, -0.1) is 0 Å². The van der Waals surface area contributed by atoms with E-state index in [9.17, 15) is 9.18 Å². The van der Waals surface area contributed by atoms with E-state index in [2.05, 4.69) is 11.4 Å². The second kappa shape index (κ2) is 21.1. The largest absolute Gasteiger partial charge is 0.481 e. The van der Waals surface area contributed by atoms with E-state index in [1.54, 1.807) is 6.08 Å². The molecule has 5 nitrogen and oxygen atoms in total. The molecule has 0 aliphatic heterocycles. The Morgan fingerprint density at radius 2 is 1.74 bits per heavy atom. The Morgan fingerprint density at radius 3 is 2.33 bits per heavy atom. The third-order valence-corrected chi connectivity index (χ3v) is 6.46. The van der Waals surface area contributed by atoms with E-state index in [0.29, 0.717) is 11.4 Å². The fourth-order valence-electron chi connectivity index (χ4n) is 4.27. The molecule has 0 spiro atoms. The predicted molar refractivity (Wildman–Crippen MR) is 182 cm³/mol. The number of fused-ring (bicyclic) bond motifs is 1. The van der Waals surface area contributed by atoms with Gasteiger partial charge in [-0.2, -0.15) is 0 Å². The molecule has 1 aromatic heterocycles. The minimum Gasteiger partial charge on any atom is -0.481 e. The highest BCUT2D eigenvalue weighted by atomic mass is 35.5. The molecule has 0 saturated heterocycles. The number of carboxylic acids is 1. The van der Waals surface area contributed by atoms with Crippen LogP contribution in [0.25, 0.3) is 22.3 Å². The molecule has 7 heteroatoms. The van der Waals surface area contributed by atoms with Crippen LogP contribution in [0, 0.1) is 12.8 Å². The molecule has 3 aromatic rings. The van der Waals surface area contributed by atoms with Crippen LogP contribution in [0.2, 0.25) is 5.02 Å². The zero-order valence-corrected chi connectivity index (χ0v) is 27.4. The molecule has 0 amide bonds. The van der Waals surface area contributed by atoms with Gasteiger partial charge in [0.15, 0.2) is 0 Å². The molecule has 0 saturated carbocycles. The second-order valence-corrected chi connectivity index (χ2v) is 10.2. The first-order valence-electron chi connectivity index (χ1n) is 14.8. The molecule has 43 heavy (non-hydrogen) atoms. The minimum absolute atomic E-state index is 0.0372. The average Bonchev–Trinajstić information content (AvgIpc) is 2.99. The van der Waals surface area contributed by atoms with Gasteiger partial charge < -0.3 is 10.4 Å². The number of aromatic nitrogens is 2. The van der Waals surface area contributed by atoms with Gasteiger partial charge in [-0.25, -0.2) is 14.4 Å². The summed E-state index contributed by atoms with van der Waals surface area (Å²) in [6.07, 6.45) is 12.9. The number of halogens is 2. The number of hydrogen-bond acceptors (Lipinski definition) is 4. The second-order valence-electron chi connectivity index (χ2n) is 9.79. The van der Waals surface area contributed by atoms with Crippen LogP contribution in [-0.2, 0) is 11.2 Å². The van der Waals surface area contributed by atoms with Gasteiger partial charge in [0.2, 0.25) is 0 Å². The topological polar surface area (TPSA) is 75.1 Å². The van der Waals surface area contributed by atoms with E-state index < -0.39 is 5.97 Å². The third-order valence-electron chi connectivity index (χ3n) is 6.21. The van der Waals surface area contributed by atoms with Crippen molar-refractivity contribution in [1.82, 2.24) is 15.3 Å². The van der Waals surface area contributed by atoms with Crippen LogP contribution in [0.4, 0.5) is 4.39 Å². The highest BCUT2D eigenvalue weighted by molar-refractivity contribution is 6.30. The Morgan fingerprint density at radius 1 is 1.05 bits per heavy atom. The first-order valence-corrected chi connectivity index (χ1v) is 15.2. The van der Waals surface area contributed by atoms with Crippen molar-refractivity contribution in [1.29, 1.82) is 0 Å². The number of carboxylic acid groups (broad SMARTS) is 1. The van der Waals surface area contributed by atoms with Crippen LogP contribution >= 0.6 is 11.6 Å². The Balaban J connectivity index is 0.000000655. The summed E-state index contributed by atoms with van der Waals surface area (Å²) in [5.41, 5.74) is 7.84. The number of nitrogens with one attached hydrogen (secondary N) is 1. The average molecular weight is 608 g/mol. The molecule has 2 aromatic carbocycles. The van der Waals surface area contributed by atoms with E-state index in [1.807, 2.05) is 109 Å². The van der Waals surface area contributed by atoms with Crippen molar-refractivity contribution >= 4 is 28.6 Å². The number of carbonyl (C=O) groups is 1. The molecule has 0 aliphatic carbocycles. The summed E-state index contributed by atoms with van der Waals surface area (Å²) < 4.78 is 11.6. The molecule has 2 N–H and O–H groups in total. The molecule has 0 aliphatic rings. The molecule has 232 valence electrons. The van der Waals surface area contributed by atoms with Crippen molar-refractivity contribution in [3.05, 3.63) is 106 Å². The van der Waals surface area contributed by atoms with Crippen LogP contribution in [0.5, 0.6) is 0 Å². The number of likely N-dealkylation sites (N-methyl/N-ethyl adjacent to an activating group) is 1. The lowest BCUT2D eigenvalue weighted by Crippen LogP contribution is -2.08. The Labute approximate surface area is 262 Å². The van der Waals surface area contributed by atoms with Crippen LogP contribution in [0.1, 0.15) is 58.7 Å². The van der Waals surface area contributed by atoms with Crippen molar-refractivity contribution in [3.8, 4) is 11.3 Å². The standard InChI is InChI=1S/C26H27ClN2O2.C8H14FN.C2H6/c1-4-5-19(14-18(3)16-25(30)31)7-13-23-26(20-8-10-21(27)11-9-20)29-22-12-6-17(2)15-24(22)28-23;1-3-8(7-10-2)5-4-6-9;1-2/h4-6,8-12,14-15,18H,7,13,16H2,1-3H3,(H,30,31);3-5,10H,6-7H2,1-2H3;1-2H3/b5-4-,19-14+;5-4-,8-3+;. The van der Waals surface area contributed by atoms with E-state index in [-0.39, 0.29) is 19.0 Å². The SMILES string of the molecule is C/C=C(\C=C/CF)CNC.C/C=C\C(=C/C(C)CC(=O)O)CCc1nc2cc(C)ccc2nc1-c1ccc(Cl)cc1.CC. The minimum atomic E-state index is -0.788. The summed E-state index contributed by atoms with van der Waals surface area (Å²) >= 11 is 6.08. The molecule has 0 fully saturated rings. The summed E-state index contributed by atoms with van der Waals surface area (Å²) in [4.78, 5) is 20.9. The monoisotopic (exact) mass is 607 g/mol. The van der Waals surface area contributed by atoms with E-state index >= 15 is 0 Å². The number of aliphatic carboxylic acids is 1. The lowest BCUT2D eigenvalue weighted by atomic mass is 9.98. The van der Waals surface area contributed by atoms with Gasteiger partial charge in [0.1, 0.15) is 6.67 Å². The lowest BCUT2D eigenvalue weighted by Gasteiger charge is -2.12. The number of alkyl halides is 1. The molecule has 1 atom stereocenters. The van der Waals surface area contributed by atoms with Gasteiger partial charge in [0.05, 0.1) is 28.8 Å². The number of benzene rings is 2. The summed E-state index contributed by atoms with van der Waals surface area (Å²) in [5.74, 6) is -0.825. The van der Waals surface area contributed by atoms with Crippen molar-refractivity contribution < 1.29 is 14.3 Å². The zero-order valence-electron chi connectivity index (χ0n) is 26.6. The lowest BCUT2D eigenvalue weighted by molar-refractivity contribution is -0.137.